The minimum Gasteiger partial charge on any atom is -0.321 e. The lowest BCUT2D eigenvalue weighted by atomic mass is 10.0. The average Bonchev–Trinajstić information content (AvgIpc) is 2.98. The van der Waals surface area contributed by atoms with Gasteiger partial charge in [0.25, 0.3) is 0 Å². The predicted octanol–water partition coefficient (Wildman–Crippen LogP) is 11.4. The highest BCUT2D eigenvalue weighted by molar-refractivity contribution is 9.11. The summed E-state index contributed by atoms with van der Waals surface area (Å²) in [6.07, 6.45) is 7.86. The van der Waals surface area contributed by atoms with Crippen LogP contribution in [0.5, 0.6) is 0 Å². The van der Waals surface area contributed by atoms with Gasteiger partial charge >= 0.3 is 0 Å². The quantitative estimate of drug-likeness (QED) is 0.169. The lowest BCUT2D eigenvalue weighted by molar-refractivity contribution is 0.913. The normalized spacial score (nSPS) is 13.3. The van der Waals surface area contributed by atoms with Gasteiger partial charge in [-0.05, 0) is 103 Å². The van der Waals surface area contributed by atoms with E-state index in [0.29, 0.717) is 6.67 Å². The molecule has 40 heavy (non-hydrogen) atoms. The summed E-state index contributed by atoms with van der Waals surface area (Å²) in [5.74, 6) is 0. The van der Waals surface area contributed by atoms with E-state index in [9.17, 15) is 0 Å². The molecule has 0 fully saturated rings. The molecular formula is C36H28Br2N2. The van der Waals surface area contributed by atoms with Gasteiger partial charge in [0.1, 0.15) is 6.67 Å². The number of benzene rings is 5. The van der Waals surface area contributed by atoms with E-state index in [1.165, 1.54) is 44.4 Å². The zero-order valence-electron chi connectivity index (χ0n) is 22.2. The molecule has 0 amide bonds. The molecule has 0 saturated heterocycles. The first-order valence-electron chi connectivity index (χ1n) is 13.2. The van der Waals surface area contributed by atoms with Gasteiger partial charge in [-0.2, -0.15) is 0 Å². The minimum absolute atomic E-state index is 0.675. The zero-order chi connectivity index (χ0) is 27.6. The second-order valence-electron chi connectivity index (χ2n) is 9.82. The summed E-state index contributed by atoms with van der Waals surface area (Å²) in [7, 11) is 0. The monoisotopic (exact) mass is 646 g/mol. The van der Waals surface area contributed by atoms with Gasteiger partial charge < -0.3 is 9.80 Å². The molecule has 2 nitrogen and oxygen atoms in total. The minimum atomic E-state index is 0.675. The molecule has 0 saturated carbocycles. The molecular weight excluding hydrogens is 620 g/mol. The van der Waals surface area contributed by atoms with Gasteiger partial charge in [-0.25, -0.2) is 0 Å². The van der Waals surface area contributed by atoms with Crippen LogP contribution in [0, 0.1) is 0 Å². The van der Waals surface area contributed by atoms with E-state index >= 15 is 0 Å². The summed E-state index contributed by atoms with van der Waals surface area (Å²) < 4.78 is 2.12. The van der Waals surface area contributed by atoms with Crippen LogP contribution in [0.2, 0.25) is 0 Å². The largest absolute Gasteiger partial charge is 0.321 e. The van der Waals surface area contributed by atoms with E-state index in [4.69, 9.17) is 0 Å². The molecule has 0 unspecified atom stereocenters. The second-order valence-corrected chi connectivity index (χ2v) is 11.5. The van der Waals surface area contributed by atoms with Gasteiger partial charge in [0, 0.05) is 14.3 Å². The summed E-state index contributed by atoms with van der Waals surface area (Å²) in [5.41, 5.74) is 9.43. The molecule has 196 valence electrons. The molecule has 4 heteroatoms. The van der Waals surface area contributed by atoms with E-state index in [0.717, 1.165) is 20.3 Å². The number of rotatable bonds is 6. The molecule has 0 atom stereocenters. The van der Waals surface area contributed by atoms with Crippen LogP contribution < -0.4 is 9.80 Å². The van der Waals surface area contributed by atoms with E-state index in [2.05, 4.69) is 164 Å². The number of hydrogen-bond donors (Lipinski definition) is 0. The number of nitrogens with zero attached hydrogens (tertiary/aromatic N) is 2. The Kier molecular flexibility index (Phi) is 7.46. The summed E-state index contributed by atoms with van der Waals surface area (Å²) in [6.45, 7) is 6.56. The number of allylic oxidation sites excluding steroid dienone is 5. The second kappa shape index (κ2) is 11.3. The standard InChI is InChI=1S/C36H28Br2N2/c1-3-4-6-11-25(2)28-18-20-32(30(37)22-28)39-24-40(35-17-10-15-27-14-9-16-34(39)36(27)35)33-21-19-29(23-31(33)38)26-12-7-5-8-13-26/h3-23H,1,24H2,2H3/b6-4-,25-11+. The molecule has 6 rings (SSSR count). The first-order chi connectivity index (χ1) is 19.5. The number of halogens is 2. The predicted molar refractivity (Wildman–Crippen MR) is 180 cm³/mol. The van der Waals surface area contributed by atoms with Crippen LogP contribution in [0.25, 0.3) is 27.5 Å². The van der Waals surface area contributed by atoms with Gasteiger partial charge in [0.15, 0.2) is 0 Å². The van der Waals surface area contributed by atoms with Gasteiger partial charge in [-0.15, -0.1) is 0 Å². The summed E-state index contributed by atoms with van der Waals surface area (Å²) >= 11 is 7.84. The summed E-state index contributed by atoms with van der Waals surface area (Å²) in [6, 6.07) is 36.9. The van der Waals surface area contributed by atoms with E-state index in [-0.39, 0.29) is 0 Å². The third-order valence-electron chi connectivity index (χ3n) is 7.36. The van der Waals surface area contributed by atoms with E-state index in [1.807, 2.05) is 12.2 Å². The molecule has 5 aromatic carbocycles. The molecule has 0 bridgehead atoms. The molecule has 5 aromatic rings. The van der Waals surface area contributed by atoms with Crippen molar-refractivity contribution in [1.29, 1.82) is 0 Å². The van der Waals surface area contributed by atoms with Crippen LogP contribution in [0.4, 0.5) is 22.7 Å². The van der Waals surface area contributed by atoms with Gasteiger partial charge in [-0.3, -0.25) is 0 Å². The topological polar surface area (TPSA) is 6.48 Å². The Morgan fingerprint density at radius 3 is 1.95 bits per heavy atom. The van der Waals surface area contributed by atoms with Crippen molar-refractivity contribution in [1.82, 2.24) is 0 Å². The van der Waals surface area contributed by atoms with Gasteiger partial charge in [-0.1, -0.05) is 97.6 Å². The van der Waals surface area contributed by atoms with Crippen molar-refractivity contribution in [2.45, 2.75) is 6.92 Å². The highest BCUT2D eigenvalue weighted by Gasteiger charge is 2.28. The highest BCUT2D eigenvalue weighted by atomic mass is 79.9. The first-order valence-corrected chi connectivity index (χ1v) is 14.8. The fourth-order valence-corrected chi connectivity index (χ4v) is 6.52. The molecule has 0 N–H and O–H groups in total. The molecule has 1 heterocycles. The smallest absolute Gasteiger partial charge is 0.100 e. The van der Waals surface area contributed by atoms with Crippen molar-refractivity contribution in [3.05, 3.63) is 149 Å². The Balaban J connectivity index is 1.45. The van der Waals surface area contributed by atoms with Crippen LogP contribution in [-0.4, -0.2) is 6.67 Å². The molecule has 1 aliphatic rings. The lowest BCUT2D eigenvalue weighted by Gasteiger charge is -2.40. The Hall–Kier alpha value is -3.86. The molecule has 0 aromatic heterocycles. The van der Waals surface area contributed by atoms with Crippen molar-refractivity contribution in [2.24, 2.45) is 0 Å². The maximum Gasteiger partial charge on any atom is 0.100 e. The van der Waals surface area contributed by atoms with Crippen molar-refractivity contribution >= 4 is 71.0 Å². The molecule has 0 radical (unpaired) electrons. The third kappa shape index (κ3) is 4.94. The molecule has 0 spiro atoms. The van der Waals surface area contributed by atoms with Crippen molar-refractivity contribution in [3.8, 4) is 11.1 Å². The molecule has 1 aliphatic heterocycles. The average molecular weight is 648 g/mol. The first kappa shape index (κ1) is 26.4. The summed E-state index contributed by atoms with van der Waals surface area (Å²) in [5, 5.41) is 2.47. The Morgan fingerprint density at radius 2 is 1.32 bits per heavy atom. The maximum atomic E-state index is 3.92. The Bertz CT molecular complexity index is 1780. The number of anilines is 4. The van der Waals surface area contributed by atoms with E-state index < -0.39 is 0 Å². The summed E-state index contributed by atoms with van der Waals surface area (Å²) in [4.78, 5) is 4.80. The van der Waals surface area contributed by atoms with Crippen LogP contribution in [-0.2, 0) is 0 Å². The van der Waals surface area contributed by atoms with Crippen LogP contribution in [0.1, 0.15) is 12.5 Å². The van der Waals surface area contributed by atoms with Gasteiger partial charge in [0.2, 0.25) is 0 Å². The fourth-order valence-electron chi connectivity index (χ4n) is 5.34. The van der Waals surface area contributed by atoms with E-state index in [1.54, 1.807) is 6.08 Å². The van der Waals surface area contributed by atoms with Crippen LogP contribution in [0.3, 0.4) is 0 Å². The van der Waals surface area contributed by atoms with Crippen molar-refractivity contribution < 1.29 is 0 Å². The van der Waals surface area contributed by atoms with Crippen molar-refractivity contribution in [3.63, 3.8) is 0 Å². The SMILES string of the molecule is C=C/C=C\C=C(/C)c1ccc(N2CN(c3ccc(-c4ccccc4)cc3Br)c3cccc4cccc2c34)c(Br)c1. The maximum absolute atomic E-state index is 3.92. The highest BCUT2D eigenvalue weighted by Crippen LogP contribution is 2.48. The van der Waals surface area contributed by atoms with Crippen LogP contribution >= 0.6 is 31.9 Å². The number of hydrogen-bond acceptors (Lipinski definition) is 2. The van der Waals surface area contributed by atoms with Gasteiger partial charge in [0.05, 0.1) is 22.7 Å². The Morgan fingerprint density at radius 1 is 0.675 bits per heavy atom. The molecule has 0 aliphatic carbocycles. The Labute approximate surface area is 252 Å². The zero-order valence-corrected chi connectivity index (χ0v) is 25.4. The third-order valence-corrected chi connectivity index (χ3v) is 8.63. The lowest BCUT2D eigenvalue weighted by Crippen LogP contribution is -2.36. The van der Waals surface area contributed by atoms with Crippen molar-refractivity contribution in [2.75, 3.05) is 16.5 Å². The fraction of sp³-hybridized carbons (Fsp3) is 0.0556. The van der Waals surface area contributed by atoms with Crippen LogP contribution in [0.15, 0.2) is 143 Å².